The van der Waals surface area contributed by atoms with E-state index < -0.39 is 6.10 Å². The van der Waals surface area contributed by atoms with Gasteiger partial charge in [0, 0.05) is 31.7 Å². The van der Waals surface area contributed by atoms with Crippen LogP contribution in [0.5, 0.6) is 0 Å². The first-order valence-corrected chi connectivity index (χ1v) is 7.72. The molecule has 2 fully saturated rings. The molecule has 6 heteroatoms. The zero-order valence-corrected chi connectivity index (χ0v) is 12.4. The summed E-state index contributed by atoms with van der Waals surface area (Å²) in [6, 6.07) is 7.39. The largest absolute Gasteiger partial charge is 0.392 e. The van der Waals surface area contributed by atoms with E-state index in [-0.39, 0.29) is 17.9 Å². The van der Waals surface area contributed by atoms with Gasteiger partial charge in [-0.3, -0.25) is 9.59 Å². The number of carbonyl (C=O) groups excluding carboxylic acids is 2. The number of carbonyl (C=O) groups is 2. The molecule has 3 N–H and O–H groups in total. The van der Waals surface area contributed by atoms with Crippen LogP contribution in [0.1, 0.15) is 24.8 Å². The molecule has 0 radical (unpaired) electrons. The molecule has 22 heavy (non-hydrogen) atoms. The van der Waals surface area contributed by atoms with Crippen LogP contribution in [-0.2, 0) is 16.1 Å². The van der Waals surface area contributed by atoms with Crippen molar-refractivity contribution in [1.29, 1.82) is 0 Å². The van der Waals surface area contributed by atoms with E-state index in [0.717, 1.165) is 24.2 Å². The van der Waals surface area contributed by atoms with E-state index in [1.165, 1.54) is 0 Å². The minimum Gasteiger partial charge on any atom is -0.392 e. The molecule has 0 unspecified atom stereocenters. The molecule has 1 aromatic rings. The van der Waals surface area contributed by atoms with Crippen molar-refractivity contribution in [2.45, 2.75) is 38.0 Å². The number of nitrogens with one attached hydrogen (secondary N) is 2. The van der Waals surface area contributed by atoms with Crippen LogP contribution in [0.4, 0.5) is 5.69 Å². The Morgan fingerprint density at radius 1 is 1.36 bits per heavy atom. The van der Waals surface area contributed by atoms with E-state index in [1.807, 2.05) is 24.3 Å². The number of β-amino-alcohol motifs (C(OH)–C–C–N with tert-alkyl or cyclic N) is 1. The predicted octanol–water partition coefficient (Wildman–Crippen LogP) is 0.152. The number of amides is 2. The van der Waals surface area contributed by atoms with Crippen LogP contribution in [-0.4, -0.2) is 42.2 Å². The Bertz CT molecular complexity index is 558. The van der Waals surface area contributed by atoms with Gasteiger partial charge in [0.05, 0.1) is 12.1 Å². The fraction of sp³-hybridized carbons (Fsp3) is 0.500. The molecule has 3 rings (SSSR count). The summed E-state index contributed by atoms with van der Waals surface area (Å²) in [5.74, 6) is 0.0854. The van der Waals surface area contributed by atoms with Gasteiger partial charge in [-0.2, -0.15) is 0 Å². The average molecular weight is 303 g/mol. The van der Waals surface area contributed by atoms with Gasteiger partial charge in [-0.05, 0) is 30.5 Å². The maximum atomic E-state index is 11.9. The van der Waals surface area contributed by atoms with Crippen LogP contribution in [0.2, 0.25) is 0 Å². The van der Waals surface area contributed by atoms with Crippen molar-refractivity contribution < 1.29 is 14.7 Å². The minimum atomic E-state index is -0.437. The van der Waals surface area contributed by atoms with Gasteiger partial charge in [-0.15, -0.1) is 0 Å². The van der Waals surface area contributed by atoms with Crippen molar-refractivity contribution in [3.05, 3.63) is 29.8 Å². The number of hydrogen-bond acceptors (Lipinski definition) is 4. The molecule has 1 aromatic carbocycles. The van der Waals surface area contributed by atoms with E-state index in [9.17, 15) is 14.7 Å². The number of nitrogens with zero attached hydrogens (tertiary/aromatic N) is 1. The van der Waals surface area contributed by atoms with E-state index in [0.29, 0.717) is 25.9 Å². The first kappa shape index (κ1) is 15.0. The maximum absolute atomic E-state index is 11.9. The lowest BCUT2D eigenvalue weighted by Gasteiger charge is -2.16. The van der Waals surface area contributed by atoms with Gasteiger partial charge < -0.3 is 20.6 Å². The highest BCUT2D eigenvalue weighted by atomic mass is 16.3. The highest BCUT2D eigenvalue weighted by Gasteiger charge is 2.27. The van der Waals surface area contributed by atoms with Crippen LogP contribution < -0.4 is 15.5 Å². The van der Waals surface area contributed by atoms with Crippen molar-refractivity contribution >= 4 is 17.5 Å². The van der Waals surface area contributed by atoms with Crippen molar-refractivity contribution in [3.8, 4) is 0 Å². The van der Waals surface area contributed by atoms with Gasteiger partial charge in [-0.25, -0.2) is 0 Å². The van der Waals surface area contributed by atoms with E-state index in [4.69, 9.17) is 0 Å². The van der Waals surface area contributed by atoms with Crippen molar-refractivity contribution in [2.75, 3.05) is 18.0 Å². The Labute approximate surface area is 129 Å². The van der Waals surface area contributed by atoms with E-state index >= 15 is 0 Å². The van der Waals surface area contributed by atoms with Crippen LogP contribution in [0, 0.1) is 0 Å². The molecule has 118 valence electrons. The normalized spacial score (nSPS) is 24.8. The molecular formula is C16H21N3O3. The summed E-state index contributed by atoms with van der Waals surface area (Å²) < 4.78 is 0. The molecule has 0 saturated carbocycles. The maximum Gasteiger partial charge on any atom is 0.237 e. The summed E-state index contributed by atoms with van der Waals surface area (Å²) in [6.07, 6.45) is 1.56. The topological polar surface area (TPSA) is 81.7 Å². The van der Waals surface area contributed by atoms with Crippen LogP contribution in [0.25, 0.3) is 0 Å². The van der Waals surface area contributed by atoms with Gasteiger partial charge in [-0.1, -0.05) is 12.1 Å². The summed E-state index contributed by atoms with van der Waals surface area (Å²) >= 11 is 0. The van der Waals surface area contributed by atoms with Crippen molar-refractivity contribution in [1.82, 2.24) is 10.6 Å². The standard InChI is InChI=1S/C16H21N3O3/c20-13-8-14(17-10-13)16(22)18-9-11-3-5-12(6-4-11)19-7-1-2-15(19)21/h3-6,13-14,17,20H,1-2,7-10H2,(H,18,22)/t13-,14-/m0/s1. The molecule has 2 saturated heterocycles. The van der Waals surface area contributed by atoms with E-state index in [1.54, 1.807) is 4.90 Å². The summed E-state index contributed by atoms with van der Waals surface area (Å²) in [4.78, 5) is 25.4. The number of aliphatic hydroxyl groups excluding tert-OH is 1. The van der Waals surface area contributed by atoms with Crippen molar-refractivity contribution in [3.63, 3.8) is 0 Å². The third-order valence-corrected chi connectivity index (χ3v) is 4.21. The monoisotopic (exact) mass is 303 g/mol. The second kappa shape index (κ2) is 6.46. The third kappa shape index (κ3) is 3.28. The van der Waals surface area contributed by atoms with E-state index in [2.05, 4.69) is 10.6 Å². The quantitative estimate of drug-likeness (QED) is 0.740. The molecule has 6 nitrogen and oxygen atoms in total. The number of rotatable bonds is 4. The van der Waals surface area contributed by atoms with Gasteiger partial charge in [0.1, 0.15) is 0 Å². The summed E-state index contributed by atoms with van der Waals surface area (Å²) in [7, 11) is 0. The Kier molecular flexibility index (Phi) is 4.40. The van der Waals surface area contributed by atoms with Crippen LogP contribution >= 0.6 is 0 Å². The molecule has 0 spiro atoms. The zero-order chi connectivity index (χ0) is 15.5. The number of aliphatic hydroxyl groups is 1. The lowest BCUT2D eigenvalue weighted by molar-refractivity contribution is -0.123. The Morgan fingerprint density at radius 3 is 2.73 bits per heavy atom. The first-order chi connectivity index (χ1) is 10.6. The molecular weight excluding hydrogens is 282 g/mol. The smallest absolute Gasteiger partial charge is 0.237 e. The van der Waals surface area contributed by atoms with Crippen LogP contribution in [0.15, 0.2) is 24.3 Å². The number of benzene rings is 1. The molecule has 2 amide bonds. The Balaban J connectivity index is 1.53. The minimum absolute atomic E-state index is 0.0876. The lowest BCUT2D eigenvalue weighted by atomic mass is 10.1. The van der Waals surface area contributed by atoms with Gasteiger partial charge in [0.25, 0.3) is 0 Å². The molecule has 2 aliphatic rings. The highest BCUT2D eigenvalue weighted by molar-refractivity contribution is 5.95. The van der Waals surface area contributed by atoms with Gasteiger partial charge >= 0.3 is 0 Å². The van der Waals surface area contributed by atoms with Gasteiger partial charge in [0.15, 0.2) is 0 Å². The SMILES string of the molecule is O=C(NCc1ccc(N2CCCC2=O)cc1)[C@@H]1C[C@H](O)CN1. The highest BCUT2D eigenvalue weighted by Crippen LogP contribution is 2.21. The van der Waals surface area contributed by atoms with Crippen molar-refractivity contribution in [2.24, 2.45) is 0 Å². The number of anilines is 1. The molecule has 2 heterocycles. The van der Waals surface area contributed by atoms with Crippen LogP contribution in [0.3, 0.4) is 0 Å². The summed E-state index contributed by atoms with van der Waals surface area (Å²) in [5.41, 5.74) is 1.90. The lowest BCUT2D eigenvalue weighted by Crippen LogP contribution is -2.40. The zero-order valence-electron chi connectivity index (χ0n) is 12.4. The number of hydrogen-bond donors (Lipinski definition) is 3. The Hall–Kier alpha value is -1.92. The molecule has 0 bridgehead atoms. The molecule has 0 aliphatic carbocycles. The average Bonchev–Trinajstić information content (AvgIpc) is 3.14. The van der Waals surface area contributed by atoms with Gasteiger partial charge in [0.2, 0.25) is 11.8 Å². The second-order valence-corrected chi connectivity index (χ2v) is 5.88. The third-order valence-electron chi connectivity index (χ3n) is 4.21. The molecule has 0 aromatic heterocycles. The molecule has 2 aliphatic heterocycles. The summed E-state index contributed by atoms with van der Waals surface area (Å²) in [5, 5.41) is 15.3. The Morgan fingerprint density at radius 2 is 2.14 bits per heavy atom. The fourth-order valence-corrected chi connectivity index (χ4v) is 2.94. The second-order valence-electron chi connectivity index (χ2n) is 5.88. The first-order valence-electron chi connectivity index (χ1n) is 7.72. The molecule has 2 atom stereocenters. The predicted molar refractivity (Wildman–Crippen MR) is 82.3 cm³/mol. The summed E-state index contributed by atoms with van der Waals surface area (Å²) in [6.45, 7) is 1.70. The fourth-order valence-electron chi connectivity index (χ4n) is 2.94.